The smallest absolute Gasteiger partial charge is 0.230 e. The number of aryl methyl sites for hydroxylation is 1. The molecule has 130 valence electrons. The Morgan fingerprint density at radius 2 is 2.12 bits per heavy atom. The predicted molar refractivity (Wildman–Crippen MR) is 110 cm³/mol. The Bertz CT molecular complexity index is 859. The highest BCUT2D eigenvalue weighted by atomic mass is 35.5. The predicted octanol–water partition coefficient (Wildman–Crippen LogP) is 5.38. The van der Waals surface area contributed by atoms with Crippen LogP contribution in [0.4, 0.5) is 0 Å². The van der Waals surface area contributed by atoms with Crippen molar-refractivity contribution in [2.75, 3.05) is 5.75 Å². The molecule has 0 saturated carbocycles. The summed E-state index contributed by atoms with van der Waals surface area (Å²) >= 11 is 11.0. The number of rotatable bonds is 7. The lowest BCUT2D eigenvalue weighted by Crippen LogP contribution is -2.24. The number of amides is 1. The molecule has 3 rings (SSSR count). The molecule has 0 unspecified atom stereocenters. The van der Waals surface area contributed by atoms with E-state index in [0.29, 0.717) is 12.3 Å². The highest BCUT2D eigenvalue weighted by Crippen LogP contribution is 2.29. The van der Waals surface area contributed by atoms with Crippen molar-refractivity contribution in [1.29, 1.82) is 0 Å². The second-order valence-electron chi connectivity index (χ2n) is 5.38. The molecule has 0 bridgehead atoms. The third kappa shape index (κ3) is 5.31. The molecule has 0 fully saturated rings. The first kappa shape index (κ1) is 18.5. The molecule has 2 aromatic heterocycles. The Labute approximate surface area is 164 Å². The number of hydrogen-bond donors (Lipinski definition) is 1. The van der Waals surface area contributed by atoms with Gasteiger partial charge < -0.3 is 5.32 Å². The lowest BCUT2D eigenvalue weighted by atomic mass is 10.2. The molecule has 1 amide bonds. The lowest BCUT2D eigenvalue weighted by molar-refractivity contribution is -0.118. The molecule has 0 saturated heterocycles. The van der Waals surface area contributed by atoms with Crippen LogP contribution in [0.15, 0.2) is 41.8 Å². The normalized spacial score (nSPS) is 10.8. The molecule has 1 aromatic carbocycles. The van der Waals surface area contributed by atoms with Crippen LogP contribution in [-0.2, 0) is 17.1 Å². The van der Waals surface area contributed by atoms with Gasteiger partial charge in [-0.25, -0.2) is 4.98 Å². The molecule has 0 aliphatic rings. The van der Waals surface area contributed by atoms with Crippen LogP contribution in [0.1, 0.15) is 15.4 Å². The van der Waals surface area contributed by atoms with Crippen LogP contribution in [0.5, 0.6) is 0 Å². The molecule has 2 heterocycles. The van der Waals surface area contributed by atoms with Gasteiger partial charge in [-0.3, -0.25) is 4.79 Å². The lowest BCUT2D eigenvalue weighted by Gasteiger charge is -2.05. The van der Waals surface area contributed by atoms with Crippen molar-refractivity contribution in [3.05, 3.63) is 62.2 Å². The average molecular weight is 409 g/mol. The van der Waals surface area contributed by atoms with Crippen LogP contribution in [0.25, 0.3) is 10.6 Å². The zero-order chi connectivity index (χ0) is 17.6. The Morgan fingerprint density at radius 1 is 1.28 bits per heavy atom. The minimum atomic E-state index is 0.0384. The molecular formula is C18H17ClN2OS3. The van der Waals surface area contributed by atoms with Crippen molar-refractivity contribution in [1.82, 2.24) is 10.3 Å². The van der Waals surface area contributed by atoms with Gasteiger partial charge in [0.1, 0.15) is 0 Å². The van der Waals surface area contributed by atoms with Crippen molar-refractivity contribution >= 4 is 51.9 Å². The number of hydrogen-bond acceptors (Lipinski definition) is 5. The maximum absolute atomic E-state index is 12.0. The molecule has 3 nitrogen and oxygen atoms in total. The Morgan fingerprint density at radius 3 is 2.88 bits per heavy atom. The van der Waals surface area contributed by atoms with Crippen LogP contribution in [0, 0.1) is 6.92 Å². The summed E-state index contributed by atoms with van der Waals surface area (Å²) in [6.45, 7) is 2.56. The number of halogens is 1. The van der Waals surface area contributed by atoms with Crippen molar-refractivity contribution in [2.45, 2.75) is 19.2 Å². The van der Waals surface area contributed by atoms with Crippen LogP contribution >= 0.6 is 46.0 Å². The molecule has 3 aromatic rings. The fourth-order valence-electron chi connectivity index (χ4n) is 2.19. The molecule has 1 N–H and O–H groups in total. The maximum atomic E-state index is 12.0. The van der Waals surface area contributed by atoms with Crippen LogP contribution < -0.4 is 5.32 Å². The van der Waals surface area contributed by atoms with Gasteiger partial charge in [-0.1, -0.05) is 29.8 Å². The molecular weight excluding hydrogens is 392 g/mol. The molecule has 0 radical (unpaired) electrons. The summed E-state index contributed by atoms with van der Waals surface area (Å²) in [6.07, 6.45) is 0. The minimum Gasteiger partial charge on any atom is -0.350 e. The third-order valence-electron chi connectivity index (χ3n) is 3.44. The summed E-state index contributed by atoms with van der Waals surface area (Å²) in [6, 6.07) is 11.8. The Hall–Kier alpha value is -1.34. The molecule has 0 spiro atoms. The van der Waals surface area contributed by atoms with Gasteiger partial charge in [0, 0.05) is 21.0 Å². The fraction of sp³-hybridized carbons (Fsp3) is 0.222. The maximum Gasteiger partial charge on any atom is 0.230 e. The quantitative estimate of drug-likeness (QED) is 0.570. The van der Waals surface area contributed by atoms with E-state index >= 15 is 0 Å². The fourth-order valence-corrected chi connectivity index (χ4v) is 4.93. The molecule has 0 aliphatic heterocycles. The zero-order valence-electron chi connectivity index (χ0n) is 13.6. The summed E-state index contributed by atoms with van der Waals surface area (Å²) in [5.41, 5.74) is 2.07. The van der Waals surface area contributed by atoms with Gasteiger partial charge >= 0.3 is 0 Å². The number of benzene rings is 1. The average Bonchev–Trinajstić information content (AvgIpc) is 3.23. The van der Waals surface area contributed by atoms with E-state index in [1.807, 2.05) is 37.3 Å². The van der Waals surface area contributed by atoms with Gasteiger partial charge in [-0.2, -0.15) is 0 Å². The SMILES string of the molecule is Cc1nc(-c2ccc(CNC(=O)CSCc3ccccc3Cl)s2)cs1. The van der Waals surface area contributed by atoms with Crippen molar-refractivity contribution < 1.29 is 4.79 Å². The first-order valence-corrected chi connectivity index (χ1v) is 10.9. The third-order valence-corrected chi connectivity index (χ3v) is 6.67. The van der Waals surface area contributed by atoms with Crippen molar-refractivity contribution in [2.24, 2.45) is 0 Å². The van der Waals surface area contributed by atoms with E-state index in [0.717, 1.165) is 36.8 Å². The van der Waals surface area contributed by atoms with Crippen molar-refractivity contribution in [3.63, 3.8) is 0 Å². The van der Waals surface area contributed by atoms with Gasteiger partial charge in [0.15, 0.2) is 0 Å². The van der Waals surface area contributed by atoms with Crippen LogP contribution in [0.2, 0.25) is 5.02 Å². The number of thiazole rings is 1. The minimum absolute atomic E-state index is 0.0384. The van der Waals surface area contributed by atoms with Gasteiger partial charge in [0.2, 0.25) is 5.91 Å². The first-order valence-electron chi connectivity index (χ1n) is 7.71. The molecule has 0 aliphatic carbocycles. The summed E-state index contributed by atoms with van der Waals surface area (Å²) < 4.78 is 0. The highest BCUT2D eigenvalue weighted by molar-refractivity contribution is 7.99. The summed E-state index contributed by atoms with van der Waals surface area (Å²) in [7, 11) is 0. The van der Waals surface area contributed by atoms with E-state index in [1.54, 1.807) is 34.4 Å². The second-order valence-corrected chi connectivity index (χ2v) is 9.00. The van der Waals surface area contributed by atoms with E-state index in [4.69, 9.17) is 11.6 Å². The number of nitrogens with zero attached hydrogens (tertiary/aromatic N) is 1. The van der Waals surface area contributed by atoms with Crippen LogP contribution in [0.3, 0.4) is 0 Å². The van der Waals surface area contributed by atoms with Gasteiger partial charge in [-0.05, 0) is 30.7 Å². The van der Waals surface area contributed by atoms with E-state index in [1.165, 1.54) is 0 Å². The van der Waals surface area contributed by atoms with Crippen LogP contribution in [-0.4, -0.2) is 16.6 Å². The number of aromatic nitrogens is 1. The largest absolute Gasteiger partial charge is 0.350 e. The highest BCUT2D eigenvalue weighted by Gasteiger charge is 2.08. The Kier molecular flexibility index (Phi) is 6.53. The van der Waals surface area contributed by atoms with Gasteiger partial charge in [0.05, 0.1) is 27.9 Å². The van der Waals surface area contributed by atoms with Gasteiger partial charge in [-0.15, -0.1) is 34.4 Å². The number of thiophene rings is 1. The summed E-state index contributed by atoms with van der Waals surface area (Å²) in [4.78, 5) is 18.8. The topological polar surface area (TPSA) is 42.0 Å². The second kappa shape index (κ2) is 8.85. The van der Waals surface area contributed by atoms with E-state index in [9.17, 15) is 4.79 Å². The summed E-state index contributed by atoms with van der Waals surface area (Å²) in [5.74, 6) is 1.20. The summed E-state index contributed by atoms with van der Waals surface area (Å²) in [5, 5.41) is 6.85. The number of thioether (sulfide) groups is 1. The zero-order valence-corrected chi connectivity index (χ0v) is 16.8. The van der Waals surface area contributed by atoms with Crippen molar-refractivity contribution in [3.8, 4) is 10.6 Å². The van der Waals surface area contributed by atoms with E-state index in [2.05, 4.69) is 21.7 Å². The van der Waals surface area contributed by atoms with Gasteiger partial charge in [0.25, 0.3) is 0 Å². The standard InChI is InChI=1S/C18H17ClN2OS3/c1-12-21-16(10-24-12)17-7-6-14(25-17)8-20-18(22)11-23-9-13-4-2-3-5-15(13)19/h2-7,10H,8-9,11H2,1H3,(H,20,22). The number of nitrogens with one attached hydrogen (secondary N) is 1. The molecule has 25 heavy (non-hydrogen) atoms. The van der Waals surface area contributed by atoms with E-state index < -0.39 is 0 Å². The first-order chi connectivity index (χ1) is 12.1. The van der Waals surface area contributed by atoms with E-state index in [-0.39, 0.29) is 5.91 Å². The monoisotopic (exact) mass is 408 g/mol. The molecule has 7 heteroatoms. The number of carbonyl (C=O) groups excluding carboxylic acids is 1. The number of carbonyl (C=O) groups is 1. The molecule has 0 atom stereocenters. The Balaban J connectivity index is 1.43.